The molecule has 1 aromatic heterocycles. The van der Waals surface area contributed by atoms with E-state index in [0.29, 0.717) is 11.3 Å². The van der Waals surface area contributed by atoms with E-state index in [9.17, 15) is 14.4 Å². The molecule has 26 heavy (non-hydrogen) atoms. The zero-order chi connectivity index (χ0) is 18.7. The third-order valence-electron chi connectivity index (χ3n) is 3.96. The number of rotatable bonds is 5. The SMILES string of the molecule is CC(=O)c1ccc(NC(=O)[C@H](C)OC(=O)c2cc3ccccc3[nH]2)cc1. The van der Waals surface area contributed by atoms with Crippen LogP contribution in [-0.4, -0.2) is 28.7 Å². The molecular weight excluding hydrogens is 332 g/mol. The van der Waals surface area contributed by atoms with Crippen LogP contribution in [0.25, 0.3) is 10.9 Å². The van der Waals surface area contributed by atoms with Gasteiger partial charge in [0, 0.05) is 22.2 Å². The number of esters is 1. The molecule has 2 N–H and O–H groups in total. The number of hydrogen-bond acceptors (Lipinski definition) is 4. The average Bonchev–Trinajstić information content (AvgIpc) is 3.06. The van der Waals surface area contributed by atoms with Gasteiger partial charge in [-0.2, -0.15) is 0 Å². The van der Waals surface area contributed by atoms with Crippen LogP contribution in [-0.2, 0) is 9.53 Å². The van der Waals surface area contributed by atoms with Gasteiger partial charge in [-0.1, -0.05) is 18.2 Å². The van der Waals surface area contributed by atoms with E-state index in [4.69, 9.17) is 4.74 Å². The Kier molecular flexibility index (Phi) is 4.84. The summed E-state index contributed by atoms with van der Waals surface area (Å²) in [5.74, 6) is -1.11. The topological polar surface area (TPSA) is 88.3 Å². The first-order chi connectivity index (χ1) is 12.4. The van der Waals surface area contributed by atoms with E-state index in [-0.39, 0.29) is 11.5 Å². The fourth-order valence-corrected chi connectivity index (χ4v) is 2.49. The number of H-pyrrole nitrogens is 1. The molecule has 0 aliphatic rings. The molecule has 0 saturated carbocycles. The highest BCUT2D eigenvalue weighted by molar-refractivity contribution is 5.99. The molecule has 0 saturated heterocycles. The van der Waals surface area contributed by atoms with Crippen molar-refractivity contribution in [2.24, 2.45) is 0 Å². The zero-order valence-corrected chi connectivity index (χ0v) is 14.4. The summed E-state index contributed by atoms with van der Waals surface area (Å²) in [6.07, 6.45) is -0.971. The highest BCUT2D eigenvalue weighted by Crippen LogP contribution is 2.16. The third-order valence-corrected chi connectivity index (χ3v) is 3.96. The number of carbonyl (C=O) groups is 3. The Hall–Kier alpha value is -3.41. The molecular formula is C20H18N2O4. The van der Waals surface area contributed by atoms with Crippen molar-refractivity contribution in [2.45, 2.75) is 20.0 Å². The van der Waals surface area contributed by atoms with E-state index in [2.05, 4.69) is 10.3 Å². The van der Waals surface area contributed by atoms with Crippen molar-refractivity contribution in [1.82, 2.24) is 4.98 Å². The number of ether oxygens (including phenoxy) is 1. The molecule has 0 fully saturated rings. The Labute approximate surface area is 150 Å². The summed E-state index contributed by atoms with van der Waals surface area (Å²) in [4.78, 5) is 38.7. The number of aromatic amines is 1. The van der Waals surface area contributed by atoms with Gasteiger partial charge in [0.1, 0.15) is 5.69 Å². The number of ketones is 1. The molecule has 1 heterocycles. The Morgan fingerprint density at radius 3 is 2.38 bits per heavy atom. The summed E-state index contributed by atoms with van der Waals surface area (Å²) in [5, 5.41) is 3.54. The lowest BCUT2D eigenvalue weighted by atomic mass is 10.1. The molecule has 0 radical (unpaired) electrons. The maximum Gasteiger partial charge on any atom is 0.355 e. The van der Waals surface area contributed by atoms with Gasteiger partial charge in [0.25, 0.3) is 5.91 Å². The second-order valence-corrected chi connectivity index (χ2v) is 5.94. The zero-order valence-electron chi connectivity index (χ0n) is 14.4. The van der Waals surface area contributed by atoms with Crippen LogP contribution in [0.3, 0.4) is 0 Å². The van der Waals surface area contributed by atoms with Crippen LogP contribution in [0.4, 0.5) is 5.69 Å². The summed E-state index contributed by atoms with van der Waals surface area (Å²) in [5.41, 5.74) is 2.19. The van der Waals surface area contributed by atoms with E-state index in [1.165, 1.54) is 13.8 Å². The Morgan fingerprint density at radius 1 is 1.04 bits per heavy atom. The maximum absolute atomic E-state index is 12.2. The first-order valence-corrected chi connectivity index (χ1v) is 8.14. The quantitative estimate of drug-likeness (QED) is 0.544. The van der Waals surface area contributed by atoms with Gasteiger partial charge in [-0.05, 0) is 50.2 Å². The van der Waals surface area contributed by atoms with Crippen molar-refractivity contribution >= 4 is 34.3 Å². The molecule has 0 unspecified atom stereocenters. The number of Topliss-reactive ketones (excluding diaryl/α,β-unsaturated/α-hetero) is 1. The Balaban J connectivity index is 1.62. The second-order valence-electron chi connectivity index (χ2n) is 5.94. The van der Waals surface area contributed by atoms with Gasteiger partial charge >= 0.3 is 5.97 Å². The van der Waals surface area contributed by atoms with Gasteiger partial charge < -0.3 is 15.0 Å². The van der Waals surface area contributed by atoms with Gasteiger partial charge in [0.05, 0.1) is 0 Å². The number of fused-ring (bicyclic) bond motifs is 1. The minimum absolute atomic E-state index is 0.0523. The predicted molar refractivity (Wildman–Crippen MR) is 98.3 cm³/mol. The lowest BCUT2D eigenvalue weighted by molar-refractivity contribution is -0.123. The smallest absolute Gasteiger partial charge is 0.355 e. The summed E-state index contributed by atoms with van der Waals surface area (Å²) in [7, 11) is 0. The minimum atomic E-state index is -0.971. The van der Waals surface area contributed by atoms with Gasteiger partial charge in [0.15, 0.2) is 11.9 Å². The van der Waals surface area contributed by atoms with E-state index >= 15 is 0 Å². The van der Waals surface area contributed by atoms with Crippen molar-refractivity contribution in [3.8, 4) is 0 Å². The van der Waals surface area contributed by atoms with E-state index in [1.54, 1.807) is 30.3 Å². The number of benzene rings is 2. The highest BCUT2D eigenvalue weighted by Gasteiger charge is 2.20. The summed E-state index contributed by atoms with van der Waals surface area (Å²) >= 11 is 0. The van der Waals surface area contributed by atoms with Crippen LogP contribution < -0.4 is 5.32 Å². The van der Waals surface area contributed by atoms with Crippen molar-refractivity contribution in [3.63, 3.8) is 0 Å². The number of aromatic nitrogens is 1. The molecule has 3 rings (SSSR count). The molecule has 1 atom stereocenters. The van der Waals surface area contributed by atoms with Crippen molar-refractivity contribution in [3.05, 3.63) is 65.9 Å². The fourth-order valence-electron chi connectivity index (χ4n) is 2.49. The largest absolute Gasteiger partial charge is 0.448 e. The fraction of sp³-hybridized carbons (Fsp3) is 0.150. The molecule has 1 amide bonds. The number of amides is 1. The van der Waals surface area contributed by atoms with E-state index < -0.39 is 18.0 Å². The molecule has 0 spiro atoms. The molecule has 3 aromatic rings. The van der Waals surface area contributed by atoms with Gasteiger partial charge in [-0.15, -0.1) is 0 Å². The molecule has 2 aromatic carbocycles. The summed E-state index contributed by atoms with van der Waals surface area (Å²) in [6, 6.07) is 15.7. The first kappa shape index (κ1) is 17.4. The summed E-state index contributed by atoms with van der Waals surface area (Å²) < 4.78 is 5.23. The minimum Gasteiger partial charge on any atom is -0.448 e. The summed E-state index contributed by atoms with van der Waals surface area (Å²) in [6.45, 7) is 2.97. The van der Waals surface area contributed by atoms with Gasteiger partial charge in [-0.3, -0.25) is 9.59 Å². The van der Waals surface area contributed by atoms with Crippen LogP contribution in [0.2, 0.25) is 0 Å². The van der Waals surface area contributed by atoms with E-state index in [1.807, 2.05) is 24.3 Å². The average molecular weight is 350 g/mol. The van der Waals surface area contributed by atoms with Crippen LogP contribution >= 0.6 is 0 Å². The molecule has 0 aliphatic carbocycles. The third kappa shape index (κ3) is 3.80. The molecule has 132 valence electrons. The molecule has 0 bridgehead atoms. The number of para-hydroxylation sites is 1. The van der Waals surface area contributed by atoms with Crippen LogP contribution in [0, 0.1) is 0 Å². The Morgan fingerprint density at radius 2 is 1.73 bits per heavy atom. The monoisotopic (exact) mass is 350 g/mol. The standard InChI is InChI=1S/C20H18N2O4/c1-12(23)14-7-9-16(10-8-14)21-19(24)13(2)26-20(25)18-11-15-5-3-4-6-17(15)22-18/h3-11,13,22H,1-2H3,(H,21,24)/t13-/m0/s1. The first-order valence-electron chi connectivity index (χ1n) is 8.14. The van der Waals surface area contributed by atoms with Gasteiger partial charge in [-0.25, -0.2) is 4.79 Å². The predicted octanol–water partition coefficient (Wildman–Crippen LogP) is 3.55. The molecule has 6 nitrogen and oxygen atoms in total. The van der Waals surface area contributed by atoms with Crippen LogP contribution in [0.1, 0.15) is 34.7 Å². The van der Waals surface area contributed by atoms with Crippen LogP contribution in [0.15, 0.2) is 54.6 Å². The number of carbonyl (C=O) groups excluding carboxylic acids is 3. The molecule has 6 heteroatoms. The highest BCUT2D eigenvalue weighted by atomic mass is 16.5. The van der Waals surface area contributed by atoms with Crippen molar-refractivity contribution in [2.75, 3.05) is 5.32 Å². The normalized spacial score (nSPS) is 11.8. The lowest BCUT2D eigenvalue weighted by Gasteiger charge is -2.13. The molecule has 0 aliphatic heterocycles. The second kappa shape index (κ2) is 7.23. The number of anilines is 1. The van der Waals surface area contributed by atoms with Crippen molar-refractivity contribution in [1.29, 1.82) is 0 Å². The number of hydrogen-bond donors (Lipinski definition) is 2. The van der Waals surface area contributed by atoms with Crippen LogP contribution in [0.5, 0.6) is 0 Å². The Bertz CT molecular complexity index is 940. The lowest BCUT2D eigenvalue weighted by Crippen LogP contribution is -2.30. The maximum atomic E-state index is 12.2. The van der Waals surface area contributed by atoms with Gasteiger partial charge in [0.2, 0.25) is 0 Å². The van der Waals surface area contributed by atoms with Crippen molar-refractivity contribution < 1.29 is 19.1 Å². The van der Waals surface area contributed by atoms with E-state index in [0.717, 1.165) is 10.9 Å². The number of nitrogens with one attached hydrogen (secondary N) is 2.